The molecule has 2 rings (SSSR count). The Morgan fingerprint density at radius 2 is 1.57 bits per heavy atom. The van der Waals surface area contributed by atoms with Crippen molar-refractivity contribution in [3.63, 3.8) is 0 Å². The summed E-state index contributed by atoms with van der Waals surface area (Å²) in [5.41, 5.74) is 1.83. The van der Waals surface area contributed by atoms with Crippen molar-refractivity contribution >= 4 is 5.78 Å². The van der Waals surface area contributed by atoms with Crippen LogP contribution in [-0.2, 0) is 9.53 Å². The molecule has 0 radical (unpaired) electrons. The normalized spacial score (nSPS) is 13.5. The number of ketones is 1. The molecule has 2 unspecified atom stereocenters. The molecule has 0 saturated heterocycles. The van der Waals surface area contributed by atoms with Crippen molar-refractivity contribution in [3.8, 4) is 5.75 Å². The zero-order valence-electron chi connectivity index (χ0n) is 12.6. The van der Waals surface area contributed by atoms with E-state index in [1.54, 1.807) is 21.1 Å². The van der Waals surface area contributed by atoms with Gasteiger partial charge in [-0.15, -0.1) is 0 Å². The van der Waals surface area contributed by atoms with Crippen LogP contribution >= 0.6 is 0 Å². The average Bonchev–Trinajstić information content (AvgIpc) is 2.53. The van der Waals surface area contributed by atoms with Crippen molar-refractivity contribution in [2.24, 2.45) is 0 Å². The van der Waals surface area contributed by atoms with E-state index in [1.807, 2.05) is 54.6 Å². The monoisotopic (exact) mass is 284 g/mol. The Kier molecular flexibility index (Phi) is 5.12. The van der Waals surface area contributed by atoms with Gasteiger partial charge in [-0.1, -0.05) is 48.5 Å². The van der Waals surface area contributed by atoms with E-state index in [2.05, 4.69) is 0 Å². The van der Waals surface area contributed by atoms with Crippen LogP contribution in [0.1, 0.15) is 30.1 Å². The first-order valence-corrected chi connectivity index (χ1v) is 6.90. The lowest BCUT2D eigenvalue weighted by Gasteiger charge is -2.26. The summed E-state index contributed by atoms with van der Waals surface area (Å²) in [5.74, 6) is 0.443. The molecule has 0 amide bonds. The van der Waals surface area contributed by atoms with E-state index in [0.717, 1.165) is 16.9 Å². The van der Waals surface area contributed by atoms with Crippen molar-refractivity contribution < 1.29 is 14.3 Å². The molecule has 0 aliphatic rings. The number of benzene rings is 2. The molecule has 0 aliphatic carbocycles. The minimum atomic E-state index is -0.374. The summed E-state index contributed by atoms with van der Waals surface area (Å²) in [4.78, 5) is 12.2. The highest BCUT2D eigenvalue weighted by Gasteiger charge is 2.30. The maximum atomic E-state index is 12.2. The largest absolute Gasteiger partial charge is 0.496 e. The third-order valence-corrected chi connectivity index (χ3v) is 3.60. The summed E-state index contributed by atoms with van der Waals surface area (Å²) in [5, 5.41) is 0. The van der Waals surface area contributed by atoms with Gasteiger partial charge < -0.3 is 9.47 Å². The van der Waals surface area contributed by atoms with Crippen molar-refractivity contribution in [1.29, 1.82) is 0 Å². The second-order valence-corrected chi connectivity index (χ2v) is 4.90. The van der Waals surface area contributed by atoms with Gasteiger partial charge in [0.25, 0.3) is 0 Å². The van der Waals surface area contributed by atoms with Crippen LogP contribution in [0.25, 0.3) is 0 Å². The van der Waals surface area contributed by atoms with Gasteiger partial charge in [0.1, 0.15) is 11.5 Å². The molecular weight excluding hydrogens is 264 g/mol. The topological polar surface area (TPSA) is 35.5 Å². The first-order chi connectivity index (χ1) is 10.2. The maximum Gasteiger partial charge on any atom is 0.140 e. The summed E-state index contributed by atoms with van der Waals surface area (Å²) in [6.07, 6.45) is -0.374. The number of carbonyl (C=O) groups is 1. The Hall–Kier alpha value is -2.13. The quantitative estimate of drug-likeness (QED) is 0.810. The van der Waals surface area contributed by atoms with Crippen molar-refractivity contribution in [1.82, 2.24) is 0 Å². The SMILES string of the molecule is COc1ccccc1C(OC)C(C(C)=O)c1ccccc1. The van der Waals surface area contributed by atoms with Crippen LogP contribution in [0.5, 0.6) is 5.75 Å². The van der Waals surface area contributed by atoms with Gasteiger partial charge in [0.2, 0.25) is 0 Å². The number of methoxy groups -OCH3 is 2. The Morgan fingerprint density at radius 3 is 2.14 bits per heavy atom. The van der Waals surface area contributed by atoms with E-state index in [-0.39, 0.29) is 17.8 Å². The highest BCUT2D eigenvalue weighted by atomic mass is 16.5. The lowest BCUT2D eigenvalue weighted by molar-refractivity contribution is -0.121. The third-order valence-electron chi connectivity index (χ3n) is 3.60. The number of ether oxygens (including phenoxy) is 2. The molecule has 2 aromatic rings. The molecule has 2 aromatic carbocycles. The molecule has 110 valence electrons. The van der Waals surface area contributed by atoms with Crippen LogP contribution < -0.4 is 4.74 Å². The Morgan fingerprint density at radius 1 is 0.952 bits per heavy atom. The second kappa shape index (κ2) is 7.04. The van der Waals surface area contributed by atoms with Crippen LogP contribution in [-0.4, -0.2) is 20.0 Å². The smallest absolute Gasteiger partial charge is 0.140 e. The fourth-order valence-corrected chi connectivity index (χ4v) is 2.63. The zero-order valence-corrected chi connectivity index (χ0v) is 12.6. The lowest BCUT2D eigenvalue weighted by atomic mass is 9.86. The Labute approximate surface area is 125 Å². The maximum absolute atomic E-state index is 12.2. The lowest BCUT2D eigenvalue weighted by Crippen LogP contribution is -2.20. The van der Waals surface area contributed by atoms with E-state index in [9.17, 15) is 4.79 Å². The molecule has 0 N–H and O–H groups in total. The summed E-state index contributed by atoms with van der Waals surface area (Å²) in [6, 6.07) is 17.3. The molecule has 3 nitrogen and oxygen atoms in total. The minimum absolute atomic E-state index is 0.0685. The van der Waals surface area contributed by atoms with Gasteiger partial charge in [0.15, 0.2) is 0 Å². The van der Waals surface area contributed by atoms with Gasteiger partial charge in [0.05, 0.1) is 19.1 Å². The van der Waals surface area contributed by atoms with Gasteiger partial charge >= 0.3 is 0 Å². The first kappa shape index (κ1) is 15.3. The zero-order chi connectivity index (χ0) is 15.2. The van der Waals surface area contributed by atoms with Gasteiger partial charge in [-0.25, -0.2) is 0 Å². The number of Topliss-reactive ketones (excluding diaryl/α,β-unsaturated/α-hetero) is 1. The summed E-state index contributed by atoms with van der Waals surface area (Å²) in [6.45, 7) is 1.60. The summed E-state index contributed by atoms with van der Waals surface area (Å²) < 4.78 is 11.1. The van der Waals surface area contributed by atoms with Gasteiger partial charge in [0, 0.05) is 12.7 Å². The fraction of sp³-hybridized carbons (Fsp3) is 0.278. The number of hydrogen-bond donors (Lipinski definition) is 0. The highest BCUT2D eigenvalue weighted by molar-refractivity contribution is 5.84. The van der Waals surface area contributed by atoms with Crippen LogP contribution in [0.15, 0.2) is 54.6 Å². The molecule has 0 saturated carbocycles. The number of rotatable bonds is 6. The number of para-hydroxylation sites is 1. The molecule has 21 heavy (non-hydrogen) atoms. The first-order valence-electron chi connectivity index (χ1n) is 6.90. The Bertz CT molecular complexity index is 592. The van der Waals surface area contributed by atoms with Crippen molar-refractivity contribution in [2.75, 3.05) is 14.2 Å². The second-order valence-electron chi connectivity index (χ2n) is 4.90. The Balaban J connectivity index is 2.48. The molecule has 0 heterocycles. The molecule has 0 aliphatic heterocycles. The molecule has 0 spiro atoms. The summed E-state index contributed by atoms with van der Waals surface area (Å²) in [7, 11) is 3.24. The van der Waals surface area contributed by atoms with Gasteiger partial charge in [-0.05, 0) is 18.6 Å². The molecule has 3 heteroatoms. The standard InChI is InChI=1S/C18H20O3/c1-13(19)17(14-9-5-4-6-10-14)18(21-3)15-11-7-8-12-16(15)20-2/h4-12,17-18H,1-3H3. The molecular formula is C18H20O3. The fourth-order valence-electron chi connectivity index (χ4n) is 2.63. The van der Waals surface area contributed by atoms with Gasteiger partial charge in [-0.2, -0.15) is 0 Å². The molecule has 0 aromatic heterocycles. The minimum Gasteiger partial charge on any atom is -0.496 e. The highest BCUT2D eigenvalue weighted by Crippen LogP contribution is 2.38. The van der Waals surface area contributed by atoms with Crippen molar-refractivity contribution in [3.05, 3.63) is 65.7 Å². The molecule has 0 fully saturated rings. The number of hydrogen-bond acceptors (Lipinski definition) is 3. The third kappa shape index (κ3) is 3.31. The average molecular weight is 284 g/mol. The van der Waals surface area contributed by atoms with Gasteiger partial charge in [-0.3, -0.25) is 4.79 Å². The van der Waals surface area contributed by atoms with E-state index < -0.39 is 0 Å². The summed E-state index contributed by atoms with van der Waals surface area (Å²) >= 11 is 0. The van der Waals surface area contributed by atoms with Crippen LogP contribution in [0, 0.1) is 0 Å². The molecule has 0 bridgehead atoms. The van der Waals surface area contributed by atoms with E-state index in [1.165, 1.54) is 0 Å². The van der Waals surface area contributed by atoms with Crippen molar-refractivity contribution in [2.45, 2.75) is 18.9 Å². The van der Waals surface area contributed by atoms with Crippen LogP contribution in [0.2, 0.25) is 0 Å². The predicted octanol–water partition coefficient (Wildman–Crippen LogP) is 3.76. The predicted molar refractivity (Wildman–Crippen MR) is 82.6 cm³/mol. The van der Waals surface area contributed by atoms with E-state index >= 15 is 0 Å². The number of carbonyl (C=O) groups excluding carboxylic acids is 1. The van der Waals surface area contributed by atoms with E-state index in [4.69, 9.17) is 9.47 Å². The van der Waals surface area contributed by atoms with E-state index in [0.29, 0.717) is 0 Å². The van der Waals surface area contributed by atoms with Crippen LogP contribution in [0.3, 0.4) is 0 Å². The molecule has 2 atom stereocenters. The van der Waals surface area contributed by atoms with Crippen LogP contribution in [0.4, 0.5) is 0 Å².